The Labute approximate surface area is 219 Å². The van der Waals surface area contributed by atoms with Crippen molar-refractivity contribution in [3.63, 3.8) is 0 Å². The maximum Gasteiger partial charge on any atom is 0.490 e. The van der Waals surface area contributed by atoms with Gasteiger partial charge in [0.1, 0.15) is 5.69 Å². The van der Waals surface area contributed by atoms with Crippen molar-refractivity contribution in [2.45, 2.75) is 39.3 Å². The molecule has 2 spiro atoms. The number of aliphatic carboxylic acids is 1. The predicted octanol–water partition coefficient (Wildman–Crippen LogP) is 3.57. The minimum atomic E-state index is -5.08. The van der Waals surface area contributed by atoms with Crippen molar-refractivity contribution in [3.05, 3.63) is 42.1 Å². The van der Waals surface area contributed by atoms with Gasteiger partial charge in [-0.1, -0.05) is 38.1 Å². The van der Waals surface area contributed by atoms with Crippen LogP contribution in [0.25, 0.3) is 10.9 Å². The van der Waals surface area contributed by atoms with E-state index in [0.29, 0.717) is 24.7 Å². The molecule has 3 aliphatic rings. The number of halogens is 3. The van der Waals surface area contributed by atoms with Gasteiger partial charge in [-0.15, -0.1) is 0 Å². The van der Waals surface area contributed by atoms with E-state index in [9.17, 15) is 22.8 Å². The Bertz CT molecular complexity index is 1210. The highest BCUT2D eigenvalue weighted by Crippen LogP contribution is 2.56. The molecule has 1 unspecified atom stereocenters. The Morgan fingerprint density at radius 1 is 1.08 bits per heavy atom. The molecule has 0 aliphatic carbocycles. The highest BCUT2D eigenvalue weighted by atomic mass is 19.4. The number of fused-ring (bicyclic) bond motifs is 2. The molecule has 0 saturated carbocycles. The number of alkyl halides is 3. The Balaban J connectivity index is 0.000000426. The molecular weight excluding hydrogens is 501 g/mol. The Hall–Kier alpha value is -3.21. The smallest absolute Gasteiger partial charge is 0.475 e. The van der Waals surface area contributed by atoms with Crippen molar-refractivity contribution < 1.29 is 32.7 Å². The molecule has 2 amide bonds. The number of nitrogens with zero attached hydrogens (tertiary/aromatic N) is 3. The molecule has 11 heteroatoms. The van der Waals surface area contributed by atoms with Gasteiger partial charge in [-0.05, 0) is 37.3 Å². The van der Waals surface area contributed by atoms with E-state index in [1.54, 1.807) is 0 Å². The van der Waals surface area contributed by atoms with Gasteiger partial charge in [-0.2, -0.15) is 13.2 Å². The summed E-state index contributed by atoms with van der Waals surface area (Å²) in [6.07, 6.45) is -2.40. The van der Waals surface area contributed by atoms with Crippen LogP contribution in [0, 0.1) is 16.7 Å². The normalized spacial score (nSPS) is 23.1. The summed E-state index contributed by atoms with van der Waals surface area (Å²) in [7, 11) is 0. The Morgan fingerprint density at radius 3 is 2.32 bits per heavy atom. The molecular formula is C27H33F3N4O4. The zero-order valence-electron chi connectivity index (χ0n) is 21.6. The number of carbonyl (C=O) groups excluding carboxylic acids is 2. The lowest BCUT2D eigenvalue weighted by atomic mass is 9.60. The number of benzene rings is 1. The van der Waals surface area contributed by atoms with Crippen LogP contribution in [-0.2, 0) is 9.59 Å². The summed E-state index contributed by atoms with van der Waals surface area (Å²) in [5.74, 6) is -1.94. The van der Waals surface area contributed by atoms with Crippen molar-refractivity contribution in [2.24, 2.45) is 16.7 Å². The standard InChI is InChI=1S/C25H32N4O2.C2HF3O2/c1-18(2)15-28-16-24(25(17-28)9-12-26-23(25)31)10-13-29(14-11-24)22(30)21-8-7-19-5-3-4-6-20(19)27-21;3-2(4,5)1(6)7/h3-8,18H,9-17H2,1-2H3,(H,26,31);(H,6,7). The van der Waals surface area contributed by atoms with Crippen molar-refractivity contribution in [3.8, 4) is 0 Å². The summed E-state index contributed by atoms with van der Waals surface area (Å²) in [6.45, 7) is 9.50. The van der Waals surface area contributed by atoms with Gasteiger partial charge in [0.25, 0.3) is 5.91 Å². The van der Waals surface area contributed by atoms with Crippen LogP contribution < -0.4 is 5.32 Å². The minimum absolute atomic E-state index is 0.00237. The number of pyridine rings is 1. The maximum absolute atomic E-state index is 13.2. The zero-order valence-corrected chi connectivity index (χ0v) is 21.6. The number of likely N-dealkylation sites (tertiary alicyclic amines) is 2. The summed E-state index contributed by atoms with van der Waals surface area (Å²) >= 11 is 0. The minimum Gasteiger partial charge on any atom is -0.475 e. The predicted molar refractivity (Wildman–Crippen MR) is 134 cm³/mol. The molecule has 1 atom stereocenters. The van der Waals surface area contributed by atoms with Crippen molar-refractivity contribution in [1.82, 2.24) is 20.1 Å². The van der Waals surface area contributed by atoms with E-state index in [0.717, 1.165) is 56.3 Å². The number of hydrogen-bond donors (Lipinski definition) is 2. The summed E-state index contributed by atoms with van der Waals surface area (Å²) < 4.78 is 31.7. The fraction of sp³-hybridized carbons (Fsp3) is 0.556. The van der Waals surface area contributed by atoms with Gasteiger partial charge in [0.05, 0.1) is 10.9 Å². The highest BCUT2D eigenvalue weighted by molar-refractivity contribution is 5.95. The molecule has 3 aliphatic heterocycles. The van der Waals surface area contributed by atoms with E-state index in [-0.39, 0.29) is 22.6 Å². The lowest BCUT2D eigenvalue weighted by molar-refractivity contribution is -0.192. The molecule has 8 nitrogen and oxygen atoms in total. The van der Waals surface area contributed by atoms with Gasteiger partial charge in [0.15, 0.2) is 0 Å². The van der Waals surface area contributed by atoms with Crippen LogP contribution >= 0.6 is 0 Å². The van der Waals surface area contributed by atoms with Crippen LogP contribution in [0.3, 0.4) is 0 Å². The van der Waals surface area contributed by atoms with E-state index in [1.807, 2.05) is 41.3 Å². The number of carboxylic acids is 1. The number of nitrogens with one attached hydrogen (secondary N) is 1. The number of carboxylic acid groups (broad SMARTS) is 1. The monoisotopic (exact) mass is 534 g/mol. The second kappa shape index (κ2) is 10.5. The topological polar surface area (TPSA) is 103 Å². The lowest BCUT2D eigenvalue weighted by Crippen LogP contribution is -2.53. The summed E-state index contributed by atoms with van der Waals surface area (Å²) in [4.78, 5) is 44.2. The van der Waals surface area contributed by atoms with E-state index in [1.165, 1.54) is 0 Å². The molecule has 0 bridgehead atoms. The van der Waals surface area contributed by atoms with Gasteiger partial charge in [0.2, 0.25) is 5.91 Å². The first-order valence-electron chi connectivity index (χ1n) is 12.8. The Kier molecular flexibility index (Phi) is 7.69. The summed E-state index contributed by atoms with van der Waals surface area (Å²) in [5.41, 5.74) is 1.04. The molecule has 2 N–H and O–H groups in total. The molecule has 1 aromatic carbocycles. The molecule has 38 heavy (non-hydrogen) atoms. The van der Waals surface area contributed by atoms with Crippen LogP contribution in [-0.4, -0.2) is 83.1 Å². The Morgan fingerprint density at radius 2 is 1.74 bits per heavy atom. The molecule has 5 rings (SSSR count). The van der Waals surface area contributed by atoms with Gasteiger partial charge < -0.3 is 20.2 Å². The lowest BCUT2D eigenvalue weighted by Gasteiger charge is -2.46. The van der Waals surface area contributed by atoms with Gasteiger partial charge in [-0.25, -0.2) is 9.78 Å². The van der Waals surface area contributed by atoms with Crippen molar-refractivity contribution >= 4 is 28.7 Å². The molecule has 1 aromatic heterocycles. The molecule has 0 radical (unpaired) electrons. The molecule has 2 aromatic rings. The fourth-order valence-electron chi connectivity index (χ4n) is 6.28. The number of aromatic nitrogens is 1. The fourth-order valence-corrected chi connectivity index (χ4v) is 6.28. The quantitative estimate of drug-likeness (QED) is 0.624. The van der Waals surface area contributed by atoms with E-state index in [2.05, 4.69) is 29.0 Å². The van der Waals surface area contributed by atoms with Crippen LogP contribution in [0.4, 0.5) is 13.2 Å². The SMILES string of the molecule is CC(C)CN1CC2(CCN(C(=O)c3ccc4ccccc4n3)CC2)C2(CCNC2=O)C1.O=C(O)C(F)(F)F. The third-order valence-corrected chi connectivity index (χ3v) is 8.00. The van der Waals surface area contributed by atoms with E-state index in [4.69, 9.17) is 9.90 Å². The largest absolute Gasteiger partial charge is 0.490 e. The van der Waals surface area contributed by atoms with Gasteiger partial charge >= 0.3 is 12.1 Å². The van der Waals surface area contributed by atoms with Crippen LogP contribution in [0.2, 0.25) is 0 Å². The maximum atomic E-state index is 13.2. The summed E-state index contributed by atoms with van der Waals surface area (Å²) in [6, 6.07) is 11.7. The third-order valence-electron chi connectivity index (χ3n) is 8.00. The average Bonchev–Trinajstić information content (AvgIpc) is 3.37. The van der Waals surface area contributed by atoms with Crippen LogP contribution in [0.15, 0.2) is 36.4 Å². The number of rotatable bonds is 3. The number of hydrogen-bond acceptors (Lipinski definition) is 5. The first kappa shape index (κ1) is 27.8. The van der Waals surface area contributed by atoms with Crippen LogP contribution in [0.5, 0.6) is 0 Å². The first-order chi connectivity index (χ1) is 17.9. The third kappa shape index (κ3) is 5.34. The molecule has 3 saturated heterocycles. The second-order valence-electron chi connectivity index (χ2n) is 10.9. The van der Waals surface area contributed by atoms with Gasteiger partial charge in [-0.3, -0.25) is 9.59 Å². The number of amides is 2. The molecule has 4 heterocycles. The number of piperidine rings is 1. The van der Waals surface area contributed by atoms with Crippen LogP contribution in [0.1, 0.15) is 43.6 Å². The second-order valence-corrected chi connectivity index (χ2v) is 10.9. The summed E-state index contributed by atoms with van der Waals surface area (Å²) in [5, 5.41) is 11.3. The van der Waals surface area contributed by atoms with Crippen molar-refractivity contribution in [1.29, 1.82) is 0 Å². The average molecular weight is 535 g/mol. The van der Waals surface area contributed by atoms with E-state index >= 15 is 0 Å². The number of carbonyl (C=O) groups is 3. The first-order valence-corrected chi connectivity index (χ1v) is 12.8. The number of para-hydroxylation sites is 1. The van der Waals surface area contributed by atoms with Crippen molar-refractivity contribution in [2.75, 3.05) is 39.3 Å². The molecule has 3 fully saturated rings. The zero-order chi connectivity index (χ0) is 27.7. The highest BCUT2D eigenvalue weighted by Gasteiger charge is 2.63. The van der Waals surface area contributed by atoms with E-state index < -0.39 is 12.1 Å². The molecule has 206 valence electrons. The van der Waals surface area contributed by atoms with Gasteiger partial charge in [0, 0.05) is 50.1 Å².